The van der Waals surface area contributed by atoms with Crippen molar-refractivity contribution in [3.05, 3.63) is 54.2 Å². The Morgan fingerprint density at radius 2 is 1.91 bits per heavy atom. The first-order chi connectivity index (χ1) is 11.1. The number of likely N-dealkylation sites (tertiary alicyclic amines) is 1. The second-order valence-electron chi connectivity index (χ2n) is 6.14. The molecule has 4 nitrogen and oxygen atoms in total. The molecule has 0 saturated carbocycles. The molecular formula is C19H22N2O2. The first kappa shape index (κ1) is 15.5. The van der Waals surface area contributed by atoms with Gasteiger partial charge in [0.05, 0.1) is 0 Å². The molecule has 0 spiro atoms. The molecule has 2 aromatic rings. The van der Waals surface area contributed by atoms with Crippen LogP contribution in [-0.4, -0.2) is 27.9 Å². The maximum atomic E-state index is 12.9. The van der Waals surface area contributed by atoms with Gasteiger partial charge in [0, 0.05) is 29.9 Å². The van der Waals surface area contributed by atoms with Crippen molar-refractivity contribution in [1.82, 2.24) is 9.88 Å². The van der Waals surface area contributed by atoms with E-state index in [0.717, 1.165) is 12.8 Å². The topological polar surface area (TPSA) is 42.4 Å². The zero-order valence-electron chi connectivity index (χ0n) is 13.6. The summed E-state index contributed by atoms with van der Waals surface area (Å²) in [6.45, 7) is 4.25. The minimum atomic E-state index is 0.0798. The van der Waals surface area contributed by atoms with Crippen LogP contribution in [0.2, 0.25) is 0 Å². The largest absolute Gasteiger partial charge is 0.439 e. The molecule has 23 heavy (non-hydrogen) atoms. The van der Waals surface area contributed by atoms with E-state index in [-0.39, 0.29) is 18.0 Å². The van der Waals surface area contributed by atoms with E-state index in [1.807, 2.05) is 35.2 Å². The third-order valence-electron chi connectivity index (χ3n) is 4.37. The number of rotatable bonds is 3. The smallest absolute Gasteiger partial charge is 0.254 e. The molecule has 0 aliphatic carbocycles. The van der Waals surface area contributed by atoms with Gasteiger partial charge in [0.25, 0.3) is 5.91 Å². The number of carbonyl (C=O) groups is 1. The van der Waals surface area contributed by atoms with Crippen molar-refractivity contribution in [3.63, 3.8) is 0 Å². The van der Waals surface area contributed by atoms with Gasteiger partial charge in [-0.1, -0.05) is 12.1 Å². The molecule has 1 aliphatic rings. The molecular weight excluding hydrogens is 288 g/mol. The average molecular weight is 310 g/mol. The Morgan fingerprint density at radius 3 is 2.61 bits per heavy atom. The summed E-state index contributed by atoms with van der Waals surface area (Å²) in [7, 11) is 0. The molecule has 120 valence electrons. The molecule has 0 bridgehead atoms. The number of aromatic nitrogens is 1. The second kappa shape index (κ2) is 6.82. The summed E-state index contributed by atoms with van der Waals surface area (Å²) in [5.74, 6) is 1.24. The van der Waals surface area contributed by atoms with Crippen molar-refractivity contribution in [3.8, 4) is 11.6 Å². The van der Waals surface area contributed by atoms with Crippen LogP contribution in [0, 0.1) is 0 Å². The summed E-state index contributed by atoms with van der Waals surface area (Å²) in [4.78, 5) is 19.0. The van der Waals surface area contributed by atoms with Crippen LogP contribution in [0.25, 0.3) is 0 Å². The van der Waals surface area contributed by atoms with Crippen molar-refractivity contribution in [2.24, 2.45) is 0 Å². The van der Waals surface area contributed by atoms with E-state index in [1.54, 1.807) is 18.3 Å². The van der Waals surface area contributed by atoms with Crippen LogP contribution in [0.5, 0.6) is 11.6 Å². The molecule has 4 heteroatoms. The van der Waals surface area contributed by atoms with Crippen molar-refractivity contribution in [1.29, 1.82) is 0 Å². The molecule has 1 saturated heterocycles. The fraction of sp³-hybridized carbons (Fsp3) is 0.368. The van der Waals surface area contributed by atoms with Gasteiger partial charge in [0.1, 0.15) is 5.75 Å². The maximum Gasteiger partial charge on any atom is 0.254 e. The van der Waals surface area contributed by atoms with Gasteiger partial charge in [-0.25, -0.2) is 4.98 Å². The molecule has 2 unspecified atom stereocenters. The Balaban J connectivity index is 1.80. The first-order valence-corrected chi connectivity index (χ1v) is 8.17. The Bertz CT molecular complexity index is 662. The number of carbonyl (C=O) groups excluding carboxylic acids is 1. The maximum absolute atomic E-state index is 12.9. The Morgan fingerprint density at radius 1 is 1.13 bits per heavy atom. The van der Waals surface area contributed by atoms with Gasteiger partial charge in [0.15, 0.2) is 0 Å². The average Bonchev–Trinajstić information content (AvgIpc) is 2.56. The van der Waals surface area contributed by atoms with Gasteiger partial charge in [0.2, 0.25) is 5.88 Å². The van der Waals surface area contributed by atoms with E-state index >= 15 is 0 Å². The minimum absolute atomic E-state index is 0.0798. The number of hydrogen-bond acceptors (Lipinski definition) is 3. The third kappa shape index (κ3) is 3.52. The highest BCUT2D eigenvalue weighted by atomic mass is 16.5. The fourth-order valence-electron chi connectivity index (χ4n) is 3.19. The van der Waals surface area contributed by atoms with Gasteiger partial charge >= 0.3 is 0 Å². The van der Waals surface area contributed by atoms with Crippen molar-refractivity contribution in [2.45, 2.75) is 45.2 Å². The lowest BCUT2D eigenvalue weighted by molar-refractivity contribution is 0.0510. The summed E-state index contributed by atoms with van der Waals surface area (Å²) in [6, 6.07) is 13.4. The zero-order valence-corrected chi connectivity index (χ0v) is 13.6. The van der Waals surface area contributed by atoms with Crippen LogP contribution in [0.15, 0.2) is 48.7 Å². The number of nitrogens with zero attached hydrogens (tertiary/aromatic N) is 2. The summed E-state index contributed by atoms with van der Waals surface area (Å²) in [6.07, 6.45) is 5.01. The van der Waals surface area contributed by atoms with Crippen LogP contribution < -0.4 is 4.74 Å². The lowest BCUT2D eigenvalue weighted by Crippen LogP contribution is -2.47. The summed E-state index contributed by atoms with van der Waals surface area (Å²) in [5, 5.41) is 0. The molecule has 1 aromatic carbocycles. The summed E-state index contributed by atoms with van der Waals surface area (Å²) < 4.78 is 5.73. The molecule has 0 N–H and O–H groups in total. The highest BCUT2D eigenvalue weighted by molar-refractivity contribution is 5.95. The van der Waals surface area contributed by atoms with E-state index in [1.165, 1.54) is 6.42 Å². The summed E-state index contributed by atoms with van der Waals surface area (Å²) in [5.41, 5.74) is 0.666. The Kier molecular flexibility index (Phi) is 4.60. The predicted octanol–water partition coefficient (Wildman–Crippen LogP) is 4.28. The number of benzene rings is 1. The molecule has 1 fully saturated rings. The van der Waals surface area contributed by atoms with E-state index in [9.17, 15) is 4.79 Å². The number of hydrogen-bond donors (Lipinski definition) is 0. The second-order valence-corrected chi connectivity index (χ2v) is 6.14. The SMILES string of the molecule is CC1CCCC(C)N1C(=O)c1cccc(Oc2ccccn2)c1. The third-order valence-corrected chi connectivity index (χ3v) is 4.37. The molecule has 2 atom stereocenters. The molecule has 0 radical (unpaired) electrons. The highest BCUT2D eigenvalue weighted by Gasteiger charge is 2.29. The lowest BCUT2D eigenvalue weighted by Gasteiger charge is -2.39. The lowest BCUT2D eigenvalue weighted by atomic mass is 9.96. The number of pyridine rings is 1. The van der Waals surface area contributed by atoms with Gasteiger partial charge in [-0.05, 0) is 57.4 Å². The van der Waals surface area contributed by atoms with E-state index in [0.29, 0.717) is 17.2 Å². The van der Waals surface area contributed by atoms with Gasteiger partial charge in [-0.2, -0.15) is 0 Å². The van der Waals surface area contributed by atoms with E-state index in [4.69, 9.17) is 4.74 Å². The van der Waals surface area contributed by atoms with E-state index in [2.05, 4.69) is 18.8 Å². The zero-order chi connectivity index (χ0) is 16.2. The molecule has 3 rings (SSSR count). The summed E-state index contributed by atoms with van der Waals surface area (Å²) >= 11 is 0. The van der Waals surface area contributed by atoms with Crippen molar-refractivity contribution in [2.75, 3.05) is 0 Å². The van der Waals surface area contributed by atoms with Crippen LogP contribution in [-0.2, 0) is 0 Å². The van der Waals surface area contributed by atoms with Crippen LogP contribution in [0.1, 0.15) is 43.5 Å². The normalized spacial score (nSPS) is 21.0. The van der Waals surface area contributed by atoms with Gasteiger partial charge in [-0.15, -0.1) is 0 Å². The quantitative estimate of drug-likeness (QED) is 0.850. The minimum Gasteiger partial charge on any atom is -0.439 e. The number of ether oxygens (including phenoxy) is 1. The Hall–Kier alpha value is -2.36. The fourth-order valence-corrected chi connectivity index (χ4v) is 3.19. The van der Waals surface area contributed by atoms with Gasteiger partial charge in [-0.3, -0.25) is 4.79 Å². The number of piperidine rings is 1. The van der Waals surface area contributed by atoms with Crippen molar-refractivity contribution < 1.29 is 9.53 Å². The van der Waals surface area contributed by atoms with Crippen LogP contribution >= 0.6 is 0 Å². The Labute approximate surface area is 137 Å². The molecule has 1 amide bonds. The predicted molar refractivity (Wildman–Crippen MR) is 89.7 cm³/mol. The standard InChI is InChI=1S/C19H22N2O2/c1-14-7-5-8-15(2)21(14)19(22)16-9-6-10-17(13-16)23-18-11-3-4-12-20-18/h3-4,6,9-15H,5,7-8H2,1-2H3. The molecule has 1 aliphatic heterocycles. The molecule has 1 aromatic heterocycles. The van der Waals surface area contributed by atoms with E-state index < -0.39 is 0 Å². The van der Waals surface area contributed by atoms with Gasteiger partial charge < -0.3 is 9.64 Å². The van der Waals surface area contributed by atoms with Crippen LogP contribution in [0.4, 0.5) is 0 Å². The highest BCUT2D eigenvalue weighted by Crippen LogP contribution is 2.26. The van der Waals surface area contributed by atoms with Crippen molar-refractivity contribution >= 4 is 5.91 Å². The first-order valence-electron chi connectivity index (χ1n) is 8.17. The van der Waals surface area contributed by atoms with Crippen LogP contribution in [0.3, 0.4) is 0 Å². The monoisotopic (exact) mass is 310 g/mol. The molecule has 2 heterocycles. The number of amides is 1.